The minimum Gasteiger partial charge on any atom is -0.299 e. The van der Waals surface area contributed by atoms with Gasteiger partial charge in [-0.25, -0.2) is 0 Å². The van der Waals surface area contributed by atoms with Crippen LogP contribution in [0.4, 0.5) is 0 Å². The molecule has 0 aliphatic carbocycles. The van der Waals surface area contributed by atoms with Crippen molar-refractivity contribution in [1.29, 1.82) is 0 Å². The Labute approximate surface area is 132 Å². The van der Waals surface area contributed by atoms with E-state index >= 15 is 0 Å². The van der Waals surface area contributed by atoms with Gasteiger partial charge in [0, 0.05) is 13.1 Å². The molecule has 0 atom stereocenters. The molecule has 1 heterocycles. The van der Waals surface area contributed by atoms with E-state index in [1.807, 2.05) is 0 Å². The summed E-state index contributed by atoms with van der Waals surface area (Å²) < 4.78 is 0. The SMILES string of the molecule is CN(CC1=C[Si]1(C(C)(C)C)C(C)(C)C)Cc1ccccc1. The van der Waals surface area contributed by atoms with Gasteiger partial charge in [0.25, 0.3) is 0 Å². The fourth-order valence-corrected chi connectivity index (χ4v) is 10.7. The number of hydrogen-bond donors (Lipinski definition) is 0. The minimum absolute atomic E-state index is 0.425. The van der Waals surface area contributed by atoms with Crippen LogP contribution in [0.1, 0.15) is 47.1 Å². The number of benzene rings is 1. The topological polar surface area (TPSA) is 3.24 Å². The largest absolute Gasteiger partial charge is 0.299 e. The number of nitrogens with zero attached hydrogens (tertiary/aromatic N) is 1. The maximum absolute atomic E-state index is 2.66. The fraction of sp³-hybridized carbons (Fsp3) is 0.579. The lowest BCUT2D eigenvalue weighted by molar-refractivity contribution is 0.360. The Balaban J connectivity index is 2.03. The molecule has 0 N–H and O–H groups in total. The lowest BCUT2D eigenvalue weighted by Gasteiger charge is -2.42. The van der Waals surface area contributed by atoms with Crippen molar-refractivity contribution in [1.82, 2.24) is 4.90 Å². The zero-order valence-electron chi connectivity index (χ0n) is 14.8. The van der Waals surface area contributed by atoms with Crippen molar-refractivity contribution in [3.8, 4) is 0 Å². The Bertz CT molecular complexity index is 503. The summed E-state index contributed by atoms with van der Waals surface area (Å²) >= 11 is 0. The second-order valence-electron chi connectivity index (χ2n) is 8.64. The maximum atomic E-state index is 2.66. The molecule has 116 valence electrons. The Morgan fingerprint density at radius 1 is 0.857 bits per heavy atom. The van der Waals surface area contributed by atoms with E-state index in [2.05, 4.69) is 89.5 Å². The molecule has 0 fully saturated rings. The molecule has 0 saturated heterocycles. The van der Waals surface area contributed by atoms with Crippen LogP contribution < -0.4 is 0 Å². The first-order valence-electron chi connectivity index (χ1n) is 8.02. The second kappa shape index (κ2) is 5.40. The monoisotopic (exact) mass is 301 g/mol. The minimum atomic E-state index is -1.42. The first-order chi connectivity index (χ1) is 9.58. The smallest absolute Gasteiger partial charge is 0.116 e. The van der Waals surface area contributed by atoms with Crippen molar-refractivity contribution in [2.45, 2.75) is 58.2 Å². The summed E-state index contributed by atoms with van der Waals surface area (Å²) in [6.45, 7) is 16.8. The summed E-state index contributed by atoms with van der Waals surface area (Å²) in [5.74, 6) is 0. The van der Waals surface area contributed by atoms with Gasteiger partial charge in [0.15, 0.2) is 0 Å². The van der Waals surface area contributed by atoms with Crippen LogP contribution in [-0.2, 0) is 6.54 Å². The van der Waals surface area contributed by atoms with E-state index in [4.69, 9.17) is 0 Å². The number of rotatable bonds is 4. The van der Waals surface area contributed by atoms with Gasteiger partial charge in [-0.1, -0.05) is 82.8 Å². The van der Waals surface area contributed by atoms with Crippen molar-refractivity contribution < 1.29 is 0 Å². The molecule has 0 amide bonds. The lowest BCUT2D eigenvalue weighted by Crippen LogP contribution is -2.43. The third kappa shape index (κ3) is 3.17. The van der Waals surface area contributed by atoms with Crippen molar-refractivity contribution >= 4 is 8.07 Å². The van der Waals surface area contributed by atoms with Gasteiger partial charge >= 0.3 is 0 Å². The normalized spacial score (nSPS) is 17.8. The summed E-state index contributed by atoms with van der Waals surface area (Å²) in [6.07, 6.45) is 0. The Morgan fingerprint density at radius 2 is 1.38 bits per heavy atom. The van der Waals surface area contributed by atoms with Crippen LogP contribution in [0.3, 0.4) is 0 Å². The molecular formula is C19H31NSi. The van der Waals surface area contributed by atoms with Crippen LogP contribution in [0.2, 0.25) is 10.1 Å². The van der Waals surface area contributed by atoms with Crippen LogP contribution in [-0.4, -0.2) is 26.6 Å². The highest BCUT2D eigenvalue weighted by Gasteiger charge is 2.61. The number of likely N-dealkylation sites (N-methyl/N-ethyl adjacent to an activating group) is 1. The van der Waals surface area contributed by atoms with Crippen molar-refractivity contribution in [3.63, 3.8) is 0 Å². The standard InChI is InChI=1S/C19H31NSi/c1-18(2,3)21(19(4,5)6)15-17(21)14-20(7)13-16-11-9-8-10-12-16/h8-12,15H,13-14H2,1-7H3. The number of hydrogen-bond acceptors (Lipinski definition) is 1. The van der Waals surface area contributed by atoms with Crippen LogP contribution in [0, 0.1) is 0 Å². The van der Waals surface area contributed by atoms with E-state index in [-0.39, 0.29) is 0 Å². The summed E-state index contributed by atoms with van der Waals surface area (Å²) in [6, 6.07) is 10.8. The van der Waals surface area contributed by atoms with Crippen molar-refractivity contribution in [3.05, 3.63) is 46.8 Å². The van der Waals surface area contributed by atoms with Crippen LogP contribution in [0.25, 0.3) is 0 Å². The van der Waals surface area contributed by atoms with Gasteiger partial charge in [0.2, 0.25) is 0 Å². The molecule has 0 saturated carbocycles. The van der Waals surface area contributed by atoms with Gasteiger partial charge in [-0.3, -0.25) is 4.90 Å². The molecule has 21 heavy (non-hydrogen) atoms. The highest BCUT2D eigenvalue weighted by Crippen LogP contribution is 2.62. The first-order valence-corrected chi connectivity index (χ1v) is 10.1. The quantitative estimate of drug-likeness (QED) is 0.692. The zero-order chi connectivity index (χ0) is 15.9. The van der Waals surface area contributed by atoms with Gasteiger partial charge in [0.1, 0.15) is 8.07 Å². The molecule has 2 rings (SSSR count). The zero-order valence-corrected chi connectivity index (χ0v) is 15.8. The highest BCUT2D eigenvalue weighted by atomic mass is 28.3. The summed E-state index contributed by atoms with van der Waals surface area (Å²) in [4.78, 5) is 2.47. The van der Waals surface area contributed by atoms with Crippen LogP contribution in [0.15, 0.2) is 41.2 Å². The molecule has 0 unspecified atom stereocenters. The molecule has 1 nitrogen and oxygen atoms in total. The third-order valence-corrected chi connectivity index (χ3v) is 11.4. The molecule has 1 aromatic rings. The van der Waals surface area contributed by atoms with E-state index in [9.17, 15) is 0 Å². The molecule has 0 bridgehead atoms. The van der Waals surface area contributed by atoms with Gasteiger partial charge in [-0.2, -0.15) is 0 Å². The molecule has 1 aliphatic heterocycles. The van der Waals surface area contributed by atoms with E-state index in [1.165, 1.54) is 5.56 Å². The summed E-state index contributed by atoms with van der Waals surface area (Å²) in [7, 11) is 0.831. The molecule has 2 heteroatoms. The van der Waals surface area contributed by atoms with Crippen LogP contribution in [0.5, 0.6) is 0 Å². The van der Waals surface area contributed by atoms with E-state index in [1.54, 1.807) is 5.20 Å². The average Bonchev–Trinajstić information content (AvgIpc) is 3.04. The maximum Gasteiger partial charge on any atom is 0.116 e. The van der Waals surface area contributed by atoms with Gasteiger partial charge < -0.3 is 0 Å². The van der Waals surface area contributed by atoms with E-state index < -0.39 is 8.07 Å². The third-order valence-electron chi connectivity index (χ3n) is 4.92. The molecule has 1 aromatic carbocycles. The first kappa shape index (κ1) is 16.5. The molecule has 0 aromatic heterocycles. The molecule has 0 radical (unpaired) electrons. The van der Waals surface area contributed by atoms with Crippen molar-refractivity contribution in [2.24, 2.45) is 0 Å². The average molecular weight is 302 g/mol. The summed E-state index contributed by atoms with van der Waals surface area (Å²) in [5, 5.41) is 2.60. The Kier molecular flexibility index (Phi) is 4.25. The fourth-order valence-electron chi connectivity index (χ4n) is 4.16. The Hall–Kier alpha value is -0.863. The highest BCUT2D eigenvalue weighted by molar-refractivity contribution is 7.04. The van der Waals surface area contributed by atoms with Gasteiger partial charge in [0.05, 0.1) is 0 Å². The van der Waals surface area contributed by atoms with E-state index in [0.717, 1.165) is 13.1 Å². The Morgan fingerprint density at radius 3 is 1.81 bits per heavy atom. The van der Waals surface area contributed by atoms with Gasteiger partial charge in [-0.05, 0) is 22.7 Å². The molecule has 1 aliphatic rings. The van der Waals surface area contributed by atoms with Crippen LogP contribution >= 0.6 is 0 Å². The summed E-state index contributed by atoms with van der Waals surface area (Å²) in [5.41, 5.74) is 4.06. The molecule has 0 spiro atoms. The second-order valence-corrected chi connectivity index (χ2v) is 14.2. The predicted molar refractivity (Wildman–Crippen MR) is 96.0 cm³/mol. The van der Waals surface area contributed by atoms with Crippen molar-refractivity contribution in [2.75, 3.05) is 13.6 Å². The molecular weight excluding hydrogens is 270 g/mol. The van der Waals surface area contributed by atoms with E-state index in [0.29, 0.717) is 10.1 Å². The van der Waals surface area contributed by atoms with Gasteiger partial charge in [-0.15, -0.1) is 0 Å². The predicted octanol–water partition coefficient (Wildman–Crippen LogP) is 5.19. The lowest BCUT2D eigenvalue weighted by atomic mass is 10.2.